The lowest BCUT2D eigenvalue weighted by atomic mass is 9.95. The molecule has 0 saturated heterocycles. The van der Waals surface area contributed by atoms with Gasteiger partial charge in [0.15, 0.2) is 5.82 Å². The van der Waals surface area contributed by atoms with Gasteiger partial charge in [0.2, 0.25) is 5.91 Å². The molecule has 2 aromatic carbocycles. The summed E-state index contributed by atoms with van der Waals surface area (Å²) >= 11 is 1.29. The quantitative estimate of drug-likeness (QED) is 0.104. The van der Waals surface area contributed by atoms with Crippen molar-refractivity contribution in [1.29, 1.82) is 0 Å². The maximum atomic E-state index is 14.7. The summed E-state index contributed by atoms with van der Waals surface area (Å²) in [4.78, 5) is 47.3. The fraction of sp³-hybridized carbons (Fsp3) is 0.281. The fourth-order valence-corrected chi connectivity index (χ4v) is 5.69. The third-order valence-electron chi connectivity index (χ3n) is 6.96. The van der Waals surface area contributed by atoms with Crippen molar-refractivity contribution in [3.8, 4) is 28.3 Å². The molecule has 4 aromatic rings. The van der Waals surface area contributed by atoms with Crippen molar-refractivity contribution in [1.82, 2.24) is 20.6 Å². The van der Waals surface area contributed by atoms with E-state index in [1.54, 1.807) is 30.3 Å². The molecule has 0 fully saturated rings. The van der Waals surface area contributed by atoms with Crippen LogP contribution in [0.3, 0.4) is 0 Å². The highest BCUT2D eigenvalue weighted by atomic mass is 32.2. The van der Waals surface area contributed by atoms with Crippen molar-refractivity contribution in [3.63, 3.8) is 0 Å². The van der Waals surface area contributed by atoms with Gasteiger partial charge in [-0.1, -0.05) is 45.0 Å². The molecule has 2 atom stereocenters. The monoisotopic (exact) mass is 722 g/mol. The van der Waals surface area contributed by atoms with E-state index in [4.69, 9.17) is 0 Å². The number of benzene rings is 2. The molecule has 0 aliphatic carbocycles. The van der Waals surface area contributed by atoms with Crippen LogP contribution in [0.1, 0.15) is 47.8 Å². The summed E-state index contributed by atoms with van der Waals surface area (Å²) in [5.74, 6) is -4.14. The van der Waals surface area contributed by atoms with Crippen molar-refractivity contribution < 1.29 is 49.7 Å². The van der Waals surface area contributed by atoms with E-state index in [9.17, 15) is 45.5 Å². The highest BCUT2D eigenvalue weighted by molar-refractivity contribution is 7.88. The summed E-state index contributed by atoms with van der Waals surface area (Å²) in [7, 11) is -5.98. The number of carbonyl (C=O) groups is 3. The molecule has 3 N–H and O–H groups in total. The van der Waals surface area contributed by atoms with Crippen LogP contribution in [-0.4, -0.2) is 58.9 Å². The molecule has 49 heavy (non-hydrogen) atoms. The number of nitrogens with zero attached hydrogens (tertiary/aromatic N) is 2. The zero-order valence-electron chi connectivity index (χ0n) is 26.3. The predicted octanol–water partition coefficient (Wildman–Crippen LogP) is 5.47. The minimum absolute atomic E-state index is 0.0186. The van der Waals surface area contributed by atoms with Crippen molar-refractivity contribution in [2.45, 2.75) is 57.1 Å². The Balaban J connectivity index is 1.49. The van der Waals surface area contributed by atoms with E-state index in [1.807, 2.05) is 26.8 Å². The molecular formula is C32H30F4N4O7S2. The van der Waals surface area contributed by atoms with Crippen LogP contribution >= 0.6 is 11.3 Å². The van der Waals surface area contributed by atoms with Gasteiger partial charge in [-0.25, -0.2) is 14.4 Å². The number of nitrogens with one attached hydrogen (secondary N) is 2. The lowest BCUT2D eigenvalue weighted by Crippen LogP contribution is -2.51. The second-order valence-electron chi connectivity index (χ2n) is 11.8. The Morgan fingerprint density at radius 2 is 1.57 bits per heavy atom. The summed E-state index contributed by atoms with van der Waals surface area (Å²) in [6.07, 6.45) is 2.54. The highest BCUT2D eigenvalue weighted by Crippen LogP contribution is 2.31. The Bertz CT molecular complexity index is 1960. The van der Waals surface area contributed by atoms with Gasteiger partial charge in [0, 0.05) is 46.4 Å². The van der Waals surface area contributed by atoms with Crippen LogP contribution in [0.2, 0.25) is 0 Å². The summed E-state index contributed by atoms with van der Waals surface area (Å²) in [6.45, 7) is 7.32. The number of aliphatic carboxylic acids is 1. The zero-order chi connectivity index (χ0) is 36.3. The lowest BCUT2D eigenvalue weighted by molar-refractivity contribution is -0.141. The van der Waals surface area contributed by atoms with E-state index in [0.717, 1.165) is 17.0 Å². The largest absolute Gasteiger partial charge is 0.534 e. The molecule has 17 heteroatoms. The third kappa shape index (κ3) is 9.17. The van der Waals surface area contributed by atoms with Crippen molar-refractivity contribution in [3.05, 3.63) is 88.1 Å². The van der Waals surface area contributed by atoms with E-state index >= 15 is 0 Å². The number of rotatable bonds is 11. The van der Waals surface area contributed by atoms with Gasteiger partial charge in [0.1, 0.15) is 23.7 Å². The van der Waals surface area contributed by atoms with E-state index in [1.165, 1.54) is 30.7 Å². The maximum absolute atomic E-state index is 14.7. The molecule has 2 heterocycles. The third-order valence-corrected chi connectivity index (χ3v) is 9.45. The minimum atomic E-state index is -5.98. The SMILES string of the molecule is CC(NC(=O)C(Cc1ccc(-c2ncc(-c3ccc(OS(=O)(=O)C(F)(F)F)cc3F)cn2)cc1)NC(=O)c1ccc(C(C)(C)C)s1)C(=O)O. The Hall–Kier alpha value is -4.90. The highest BCUT2D eigenvalue weighted by Gasteiger charge is 2.48. The van der Waals surface area contributed by atoms with Gasteiger partial charge in [0.25, 0.3) is 5.91 Å². The molecule has 0 spiro atoms. The first-order valence-corrected chi connectivity index (χ1v) is 16.6. The van der Waals surface area contributed by atoms with Gasteiger partial charge in [-0.15, -0.1) is 11.3 Å². The number of aromatic nitrogens is 2. The molecule has 0 aliphatic heterocycles. The number of halogens is 4. The van der Waals surface area contributed by atoms with Crippen LogP contribution in [0.5, 0.6) is 5.75 Å². The topological polar surface area (TPSA) is 165 Å². The molecule has 2 unspecified atom stereocenters. The van der Waals surface area contributed by atoms with Crippen molar-refractivity contribution in [2.24, 2.45) is 0 Å². The van der Waals surface area contributed by atoms with E-state index in [-0.39, 0.29) is 28.8 Å². The molecule has 0 aliphatic rings. The molecule has 0 radical (unpaired) electrons. The normalized spacial score (nSPS) is 13.3. The number of alkyl halides is 3. The Morgan fingerprint density at radius 3 is 2.10 bits per heavy atom. The lowest BCUT2D eigenvalue weighted by Gasteiger charge is -2.20. The van der Waals surface area contributed by atoms with E-state index in [0.29, 0.717) is 22.1 Å². The molecule has 2 amide bonds. The fourth-order valence-electron chi connectivity index (χ4n) is 4.27. The van der Waals surface area contributed by atoms with Gasteiger partial charge < -0.3 is 19.9 Å². The Morgan fingerprint density at radius 1 is 0.939 bits per heavy atom. The standard InChI is InChI=1S/C32H30F4N4O7S2/c1-17(30(43)44)39-28(41)24(40-29(42)25-11-12-26(48-25)31(2,3)4)13-18-5-7-19(8-6-18)27-37-15-20(16-38-27)22-10-9-21(14-23(22)33)47-49(45,46)32(34,35)36/h5-12,14-17,24H,13H2,1-4H3,(H,39,41)(H,40,42)(H,43,44). The number of hydrogen-bond donors (Lipinski definition) is 3. The van der Waals surface area contributed by atoms with Crippen molar-refractivity contribution in [2.75, 3.05) is 0 Å². The maximum Gasteiger partial charge on any atom is 0.534 e. The average Bonchev–Trinajstić information content (AvgIpc) is 3.52. The first-order valence-electron chi connectivity index (χ1n) is 14.4. The molecule has 0 saturated carbocycles. The molecule has 0 bridgehead atoms. The van der Waals surface area contributed by atoms with Crippen molar-refractivity contribution >= 4 is 39.2 Å². The van der Waals surface area contributed by atoms with E-state index in [2.05, 4.69) is 24.8 Å². The van der Waals surface area contributed by atoms with Crippen LogP contribution in [0.25, 0.3) is 22.5 Å². The van der Waals surface area contributed by atoms with Gasteiger partial charge in [0.05, 0.1) is 4.88 Å². The van der Waals surface area contributed by atoms with Crippen LogP contribution in [0, 0.1) is 5.82 Å². The number of hydrogen-bond acceptors (Lipinski definition) is 9. The first kappa shape index (κ1) is 36.9. The van der Waals surface area contributed by atoms with Crippen LogP contribution in [0.15, 0.2) is 67.0 Å². The van der Waals surface area contributed by atoms with Crippen LogP contribution in [0.4, 0.5) is 17.6 Å². The number of thiophene rings is 1. The molecule has 2 aromatic heterocycles. The van der Waals surface area contributed by atoms with Gasteiger partial charge >= 0.3 is 21.6 Å². The average molecular weight is 723 g/mol. The number of carbonyl (C=O) groups excluding carboxylic acids is 2. The second kappa shape index (κ2) is 14.3. The molecule has 11 nitrogen and oxygen atoms in total. The zero-order valence-corrected chi connectivity index (χ0v) is 28.0. The van der Waals surface area contributed by atoms with Gasteiger partial charge in [-0.2, -0.15) is 21.6 Å². The molecule has 4 rings (SSSR count). The Labute approximate surface area is 282 Å². The number of carboxylic acid groups (broad SMARTS) is 1. The van der Waals surface area contributed by atoms with Gasteiger partial charge in [-0.3, -0.25) is 14.4 Å². The minimum Gasteiger partial charge on any atom is -0.480 e. The summed E-state index contributed by atoms with van der Waals surface area (Å²) in [6, 6.07) is 10.2. The summed E-state index contributed by atoms with van der Waals surface area (Å²) in [5.41, 5.74) is -4.71. The summed E-state index contributed by atoms with van der Waals surface area (Å²) in [5, 5.41) is 14.4. The second-order valence-corrected chi connectivity index (χ2v) is 14.5. The Kier molecular flexibility index (Phi) is 10.8. The molecular weight excluding hydrogens is 692 g/mol. The smallest absolute Gasteiger partial charge is 0.480 e. The number of amides is 2. The number of carboxylic acids is 1. The van der Waals surface area contributed by atoms with Gasteiger partial charge in [-0.05, 0) is 42.2 Å². The molecule has 260 valence electrons. The first-order chi connectivity index (χ1) is 22.7. The predicted molar refractivity (Wildman–Crippen MR) is 172 cm³/mol. The van der Waals surface area contributed by atoms with Crippen LogP contribution < -0.4 is 14.8 Å². The summed E-state index contributed by atoms with van der Waals surface area (Å²) < 4.78 is 78.8. The van der Waals surface area contributed by atoms with Crippen LogP contribution in [-0.2, 0) is 31.5 Å². The van der Waals surface area contributed by atoms with E-state index < -0.39 is 57.1 Å².